The van der Waals surface area contributed by atoms with Crippen LogP contribution in [-0.2, 0) is 11.2 Å². The number of hydrazine groups is 1. The molecule has 0 saturated heterocycles. The van der Waals surface area contributed by atoms with E-state index in [2.05, 4.69) is 26.2 Å². The van der Waals surface area contributed by atoms with Gasteiger partial charge in [-0.15, -0.1) is 0 Å². The molecule has 0 spiro atoms. The lowest BCUT2D eigenvalue weighted by Gasteiger charge is -2.36. The first-order chi connectivity index (χ1) is 9.83. The van der Waals surface area contributed by atoms with Crippen LogP contribution >= 0.6 is 11.6 Å². The van der Waals surface area contributed by atoms with E-state index in [0.29, 0.717) is 18.1 Å². The number of benzene rings is 1. The van der Waals surface area contributed by atoms with Crippen molar-refractivity contribution >= 4 is 11.6 Å². The molecule has 120 valence electrons. The Balaban J connectivity index is 3.02. The highest BCUT2D eigenvalue weighted by Crippen LogP contribution is 2.29. The molecule has 0 amide bonds. The van der Waals surface area contributed by atoms with Crippen LogP contribution in [0.2, 0.25) is 5.02 Å². The smallest absolute Gasteiger partial charge is 0.122 e. The average molecular weight is 315 g/mol. The SMILES string of the molecule is CCOC(C(Cc1cc(Cl)ccc1OC)NN)C(C)(C)C. The van der Waals surface area contributed by atoms with Gasteiger partial charge in [-0.2, -0.15) is 0 Å². The van der Waals surface area contributed by atoms with E-state index in [1.165, 1.54) is 0 Å². The number of hydrogen-bond donors (Lipinski definition) is 2. The molecular formula is C16H27ClN2O2. The molecule has 0 heterocycles. The third-order valence-corrected chi connectivity index (χ3v) is 3.70. The normalized spacial score (nSPS) is 14.8. The standard InChI is InChI=1S/C16H27ClN2O2/c1-6-21-15(16(2,3)4)13(19-18)10-11-9-12(17)7-8-14(11)20-5/h7-9,13,15,19H,6,10,18H2,1-5H3. The van der Waals surface area contributed by atoms with Crippen LogP contribution in [0, 0.1) is 5.41 Å². The third-order valence-electron chi connectivity index (χ3n) is 3.46. The quantitative estimate of drug-likeness (QED) is 0.599. The Labute approximate surface area is 132 Å². The Kier molecular flexibility index (Phi) is 6.94. The molecule has 0 aliphatic heterocycles. The van der Waals surface area contributed by atoms with Crippen molar-refractivity contribution in [2.45, 2.75) is 46.3 Å². The lowest BCUT2D eigenvalue weighted by molar-refractivity contribution is -0.0356. The fraction of sp³-hybridized carbons (Fsp3) is 0.625. The largest absolute Gasteiger partial charge is 0.496 e. The topological polar surface area (TPSA) is 56.5 Å². The minimum absolute atomic E-state index is 0.0174. The maximum Gasteiger partial charge on any atom is 0.122 e. The van der Waals surface area contributed by atoms with Crippen molar-refractivity contribution in [1.29, 1.82) is 0 Å². The van der Waals surface area contributed by atoms with E-state index in [9.17, 15) is 0 Å². The van der Waals surface area contributed by atoms with Crippen molar-refractivity contribution in [2.24, 2.45) is 11.3 Å². The van der Waals surface area contributed by atoms with Gasteiger partial charge in [0, 0.05) is 11.6 Å². The molecule has 5 heteroatoms. The minimum Gasteiger partial charge on any atom is -0.496 e. The van der Waals surface area contributed by atoms with E-state index in [1.807, 2.05) is 25.1 Å². The van der Waals surface area contributed by atoms with E-state index >= 15 is 0 Å². The predicted octanol–water partition coefficient (Wildman–Crippen LogP) is 3.17. The molecule has 2 atom stereocenters. The summed E-state index contributed by atoms with van der Waals surface area (Å²) in [5, 5.41) is 0.685. The molecule has 2 unspecified atom stereocenters. The number of ether oxygens (including phenoxy) is 2. The summed E-state index contributed by atoms with van der Waals surface area (Å²) in [5.74, 6) is 6.58. The Morgan fingerprint density at radius 3 is 2.48 bits per heavy atom. The Morgan fingerprint density at radius 1 is 1.33 bits per heavy atom. The highest BCUT2D eigenvalue weighted by atomic mass is 35.5. The van der Waals surface area contributed by atoms with Crippen molar-refractivity contribution in [1.82, 2.24) is 5.43 Å². The molecule has 3 N–H and O–H groups in total. The first-order valence-electron chi connectivity index (χ1n) is 7.23. The minimum atomic E-state index is -0.0303. The van der Waals surface area contributed by atoms with Crippen LogP contribution in [0.5, 0.6) is 5.75 Å². The number of nitrogens with one attached hydrogen (secondary N) is 1. The second kappa shape index (κ2) is 7.99. The first-order valence-corrected chi connectivity index (χ1v) is 7.61. The van der Waals surface area contributed by atoms with Gasteiger partial charge in [0.15, 0.2) is 0 Å². The molecule has 1 aromatic rings. The molecular weight excluding hydrogens is 288 g/mol. The average Bonchev–Trinajstić information content (AvgIpc) is 2.41. The van der Waals surface area contributed by atoms with Crippen molar-refractivity contribution in [3.8, 4) is 5.75 Å². The predicted molar refractivity (Wildman–Crippen MR) is 87.7 cm³/mol. The zero-order valence-electron chi connectivity index (χ0n) is 13.6. The van der Waals surface area contributed by atoms with Crippen LogP contribution in [-0.4, -0.2) is 25.9 Å². The second-order valence-electron chi connectivity index (χ2n) is 6.18. The highest BCUT2D eigenvalue weighted by molar-refractivity contribution is 6.30. The molecule has 1 aromatic carbocycles. The monoisotopic (exact) mass is 314 g/mol. The number of hydrogen-bond acceptors (Lipinski definition) is 4. The maximum absolute atomic E-state index is 6.09. The van der Waals surface area contributed by atoms with E-state index < -0.39 is 0 Å². The van der Waals surface area contributed by atoms with Crippen LogP contribution in [0.15, 0.2) is 18.2 Å². The van der Waals surface area contributed by atoms with E-state index in [0.717, 1.165) is 11.3 Å². The zero-order chi connectivity index (χ0) is 16.0. The van der Waals surface area contributed by atoms with Gasteiger partial charge in [0.05, 0.1) is 19.3 Å². The number of halogens is 1. The summed E-state index contributed by atoms with van der Waals surface area (Å²) < 4.78 is 11.3. The summed E-state index contributed by atoms with van der Waals surface area (Å²) in [6.07, 6.45) is 0.665. The van der Waals surface area contributed by atoms with Gasteiger partial charge in [0.1, 0.15) is 5.75 Å². The fourth-order valence-corrected chi connectivity index (χ4v) is 2.74. The number of methoxy groups -OCH3 is 1. The van der Waals surface area contributed by atoms with Gasteiger partial charge in [-0.1, -0.05) is 32.4 Å². The van der Waals surface area contributed by atoms with Gasteiger partial charge >= 0.3 is 0 Å². The summed E-state index contributed by atoms with van der Waals surface area (Å²) in [4.78, 5) is 0. The summed E-state index contributed by atoms with van der Waals surface area (Å²) in [6, 6.07) is 5.57. The fourth-order valence-electron chi connectivity index (χ4n) is 2.55. The molecule has 1 rings (SSSR count). The zero-order valence-corrected chi connectivity index (χ0v) is 14.3. The Bertz CT molecular complexity index is 446. The third kappa shape index (κ3) is 5.15. The van der Waals surface area contributed by atoms with E-state index in [1.54, 1.807) is 7.11 Å². The molecule has 0 aliphatic carbocycles. The van der Waals surface area contributed by atoms with Crippen LogP contribution in [0.1, 0.15) is 33.3 Å². The first kappa shape index (κ1) is 18.2. The van der Waals surface area contributed by atoms with Crippen LogP contribution in [0.3, 0.4) is 0 Å². The molecule has 4 nitrogen and oxygen atoms in total. The van der Waals surface area contributed by atoms with Crippen LogP contribution in [0.25, 0.3) is 0 Å². The van der Waals surface area contributed by atoms with Crippen molar-refractivity contribution in [3.05, 3.63) is 28.8 Å². The van der Waals surface area contributed by atoms with Gasteiger partial charge in [0.25, 0.3) is 0 Å². The number of nitrogens with two attached hydrogens (primary N) is 1. The van der Waals surface area contributed by atoms with Crippen molar-refractivity contribution in [3.63, 3.8) is 0 Å². The van der Waals surface area contributed by atoms with E-state index in [4.69, 9.17) is 26.9 Å². The molecule has 0 saturated carbocycles. The summed E-state index contributed by atoms with van der Waals surface area (Å²) in [7, 11) is 1.65. The summed E-state index contributed by atoms with van der Waals surface area (Å²) >= 11 is 6.09. The summed E-state index contributed by atoms with van der Waals surface area (Å²) in [6.45, 7) is 9.08. The summed E-state index contributed by atoms with van der Waals surface area (Å²) in [5.41, 5.74) is 3.88. The van der Waals surface area contributed by atoms with Crippen molar-refractivity contribution in [2.75, 3.05) is 13.7 Å². The van der Waals surface area contributed by atoms with Crippen molar-refractivity contribution < 1.29 is 9.47 Å². The molecule has 0 aromatic heterocycles. The lowest BCUT2D eigenvalue weighted by atomic mass is 9.82. The maximum atomic E-state index is 6.09. The molecule has 0 bridgehead atoms. The Hall–Kier alpha value is -0.810. The van der Waals surface area contributed by atoms with Gasteiger partial charge in [-0.3, -0.25) is 11.3 Å². The van der Waals surface area contributed by atoms with Gasteiger partial charge in [-0.05, 0) is 42.5 Å². The molecule has 21 heavy (non-hydrogen) atoms. The lowest BCUT2D eigenvalue weighted by Crippen LogP contribution is -2.52. The van der Waals surface area contributed by atoms with Gasteiger partial charge in [-0.25, -0.2) is 0 Å². The van der Waals surface area contributed by atoms with Crippen LogP contribution in [0.4, 0.5) is 0 Å². The molecule has 0 radical (unpaired) electrons. The van der Waals surface area contributed by atoms with Gasteiger partial charge < -0.3 is 9.47 Å². The second-order valence-corrected chi connectivity index (χ2v) is 6.61. The van der Waals surface area contributed by atoms with Gasteiger partial charge in [0.2, 0.25) is 0 Å². The molecule has 0 aliphatic rings. The number of rotatable bonds is 7. The highest BCUT2D eigenvalue weighted by Gasteiger charge is 2.33. The Morgan fingerprint density at radius 2 is 2.00 bits per heavy atom. The van der Waals surface area contributed by atoms with Crippen LogP contribution < -0.4 is 16.0 Å². The molecule has 0 fully saturated rings. The van der Waals surface area contributed by atoms with E-state index in [-0.39, 0.29) is 17.6 Å².